The molecule has 0 aliphatic carbocycles. The summed E-state index contributed by atoms with van der Waals surface area (Å²) >= 11 is 6.30. The Morgan fingerprint density at radius 1 is 1.12 bits per heavy atom. The second-order valence-corrected chi connectivity index (χ2v) is 7.24. The van der Waals surface area contributed by atoms with Crippen molar-refractivity contribution in [3.63, 3.8) is 0 Å². The summed E-state index contributed by atoms with van der Waals surface area (Å²) in [7, 11) is 0. The Morgan fingerprint density at radius 3 is 2.46 bits per heavy atom. The molecule has 9 heteroatoms. The van der Waals surface area contributed by atoms with Crippen LogP contribution in [0.5, 0.6) is 11.5 Å². The highest BCUT2D eigenvalue weighted by Crippen LogP contribution is 2.28. The van der Waals surface area contributed by atoms with Gasteiger partial charge < -0.3 is 15.5 Å². The third-order valence-electron chi connectivity index (χ3n) is 3.67. The Kier molecular flexibility index (Phi) is 5.29. The Labute approximate surface area is 159 Å². The highest BCUT2D eigenvalue weighted by atomic mass is 32.2. The summed E-state index contributed by atoms with van der Waals surface area (Å²) in [6.45, 7) is 0.226. The number of hydrogen-bond acceptors (Lipinski definition) is 7. The van der Waals surface area contributed by atoms with Gasteiger partial charge in [-0.05, 0) is 24.3 Å². The summed E-state index contributed by atoms with van der Waals surface area (Å²) in [5.41, 5.74) is 2.97. The predicted molar refractivity (Wildman–Crippen MR) is 103 cm³/mol. The molecule has 0 spiro atoms. The third kappa shape index (κ3) is 3.73. The maximum atomic E-state index is 12.5. The number of nitrogens with one attached hydrogen (secondary N) is 2. The number of amides is 2. The van der Waals surface area contributed by atoms with E-state index >= 15 is 0 Å². The van der Waals surface area contributed by atoms with Crippen molar-refractivity contribution in [1.29, 1.82) is 0 Å². The molecule has 2 amide bonds. The molecule has 0 radical (unpaired) electrons. The molecular formula is C17H15N3O4S2. The number of phenolic OH excluding ortho intramolecular Hbond substituents is 2. The van der Waals surface area contributed by atoms with Crippen molar-refractivity contribution >= 4 is 45.8 Å². The smallest absolute Gasteiger partial charge is 0.273 e. The molecule has 1 aliphatic heterocycles. The minimum absolute atomic E-state index is 0.0453. The standard InChI is InChI=1S/C17H15N3O4S2/c21-12-7-3-1-5-10(12)15(23)19-20-16(24)14(26-17(20)25)9-18-11-6-2-4-8-13(11)22/h1-8,14,18,21-22H,9H2,(H,19,23). The van der Waals surface area contributed by atoms with Gasteiger partial charge in [0.25, 0.3) is 11.8 Å². The van der Waals surface area contributed by atoms with Crippen LogP contribution in [0.15, 0.2) is 48.5 Å². The lowest BCUT2D eigenvalue weighted by Gasteiger charge is -2.17. The van der Waals surface area contributed by atoms with Gasteiger partial charge in [0.2, 0.25) is 0 Å². The van der Waals surface area contributed by atoms with Gasteiger partial charge in [0, 0.05) is 6.54 Å². The molecule has 1 aliphatic rings. The van der Waals surface area contributed by atoms with Crippen molar-refractivity contribution in [2.45, 2.75) is 5.25 Å². The quantitative estimate of drug-likeness (QED) is 0.459. The Bertz CT molecular complexity index is 875. The molecule has 0 bridgehead atoms. The van der Waals surface area contributed by atoms with Crippen LogP contribution in [-0.2, 0) is 4.79 Å². The predicted octanol–water partition coefficient (Wildman–Crippen LogP) is 2.08. The van der Waals surface area contributed by atoms with Crippen molar-refractivity contribution in [2.24, 2.45) is 0 Å². The average Bonchev–Trinajstić information content (AvgIpc) is 2.89. The molecule has 0 aromatic heterocycles. The number of benzene rings is 2. The highest BCUT2D eigenvalue weighted by molar-refractivity contribution is 8.24. The summed E-state index contributed by atoms with van der Waals surface area (Å²) in [4.78, 5) is 24.8. The number of thiocarbonyl (C=S) groups is 1. The third-order valence-corrected chi connectivity index (χ3v) is 5.17. The van der Waals surface area contributed by atoms with Crippen LogP contribution < -0.4 is 10.7 Å². The van der Waals surface area contributed by atoms with E-state index in [9.17, 15) is 19.8 Å². The first kappa shape index (κ1) is 18.0. The number of hydrazine groups is 1. The molecule has 1 unspecified atom stereocenters. The van der Waals surface area contributed by atoms with Gasteiger partial charge in [-0.25, -0.2) is 5.01 Å². The number of hydrogen-bond donors (Lipinski definition) is 4. The van der Waals surface area contributed by atoms with Crippen LogP contribution in [-0.4, -0.2) is 43.2 Å². The second-order valence-electron chi connectivity index (χ2n) is 5.40. The van der Waals surface area contributed by atoms with E-state index < -0.39 is 11.2 Å². The number of rotatable bonds is 5. The summed E-state index contributed by atoms with van der Waals surface area (Å²) < 4.78 is 0.211. The van der Waals surface area contributed by atoms with E-state index in [-0.39, 0.29) is 33.8 Å². The van der Waals surface area contributed by atoms with Crippen LogP contribution in [0.25, 0.3) is 0 Å². The monoisotopic (exact) mass is 389 g/mol. The van der Waals surface area contributed by atoms with Gasteiger partial charge in [0.1, 0.15) is 16.7 Å². The molecule has 1 saturated heterocycles. The summed E-state index contributed by atoms with van der Waals surface area (Å²) in [6, 6.07) is 12.7. The maximum Gasteiger partial charge on any atom is 0.273 e. The van der Waals surface area contributed by atoms with Crippen LogP contribution in [0, 0.1) is 0 Å². The first-order valence-electron chi connectivity index (χ1n) is 7.63. The van der Waals surface area contributed by atoms with Crippen molar-refractivity contribution in [3.8, 4) is 11.5 Å². The fraction of sp³-hybridized carbons (Fsp3) is 0.118. The van der Waals surface area contributed by atoms with Crippen molar-refractivity contribution < 1.29 is 19.8 Å². The molecule has 1 fully saturated rings. The van der Waals surface area contributed by atoms with Crippen molar-refractivity contribution in [1.82, 2.24) is 10.4 Å². The Hall–Kier alpha value is -2.78. The summed E-state index contributed by atoms with van der Waals surface area (Å²) in [5, 5.41) is 22.9. The highest BCUT2D eigenvalue weighted by Gasteiger charge is 2.38. The number of carbonyl (C=O) groups is 2. The lowest BCUT2D eigenvalue weighted by atomic mass is 10.2. The van der Waals surface area contributed by atoms with E-state index in [1.165, 1.54) is 18.2 Å². The fourth-order valence-corrected chi connectivity index (χ4v) is 3.68. The molecule has 134 valence electrons. The zero-order chi connectivity index (χ0) is 18.7. The number of thioether (sulfide) groups is 1. The lowest BCUT2D eigenvalue weighted by molar-refractivity contribution is -0.127. The zero-order valence-electron chi connectivity index (χ0n) is 13.4. The minimum Gasteiger partial charge on any atom is -0.507 e. The Balaban J connectivity index is 1.64. The van der Waals surface area contributed by atoms with E-state index in [1.54, 1.807) is 30.3 Å². The van der Waals surface area contributed by atoms with Gasteiger partial charge in [0.05, 0.1) is 11.3 Å². The van der Waals surface area contributed by atoms with E-state index in [4.69, 9.17) is 12.2 Å². The molecule has 1 atom stereocenters. The molecular weight excluding hydrogens is 374 g/mol. The van der Waals surface area contributed by atoms with Gasteiger partial charge in [0.15, 0.2) is 4.32 Å². The van der Waals surface area contributed by atoms with E-state index in [2.05, 4.69) is 10.7 Å². The van der Waals surface area contributed by atoms with Gasteiger partial charge in [-0.2, -0.15) is 0 Å². The molecule has 26 heavy (non-hydrogen) atoms. The van der Waals surface area contributed by atoms with Gasteiger partial charge in [-0.15, -0.1) is 0 Å². The number of phenols is 2. The number of carbonyl (C=O) groups excluding carboxylic acids is 2. The molecule has 2 aromatic rings. The fourth-order valence-electron chi connectivity index (χ4n) is 2.34. The van der Waals surface area contributed by atoms with E-state index in [0.29, 0.717) is 5.69 Å². The average molecular weight is 389 g/mol. The molecule has 7 nitrogen and oxygen atoms in total. The zero-order valence-corrected chi connectivity index (χ0v) is 15.0. The molecule has 1 heterocycles. The summed E-state index contributed by atoms with van der Waals surface area (Å²) in [5.74, 6) is -1.12. The van der Waals surface area contributed by atoms with Crippen LogP contribution in [0.2, 0.25) is 0 Å². The van der Waals surface area contributed by atoms with Crippen molar-refractivity contribution in [3.05, 3.63) is 54.1 Å². The van der Waals surface area contributed by atoms with Crippen LogP contribution in [0.4, 0.5) is 5.69 Å². The van der Waals surface area contributed by atoms with Crippen LogP contribution in [0.1, 0.15) is 10.4 Å². The lowest BCUT2D eigenvalue weighted by Crippen LogP contribution is -2.46. The van der Waals surface area contributed by atoms with Crippen molar-refractivity contribution in [2.75, 3.05) is 11.9 Å². The number of aromatic hydroxyl groups is 2. The maximum absolute atomic E-state index is 12.5. The normalized spacial score (nSPS) is 16.6. The molecule has 4 N–H and O–H groups in total. The topological polar surface area (TPSA) is 102 Å². The van der Waals surface area contributed by atoms with E-state index in [0.717, 1.165) is 16.8 Å². The number of anilines is 1. The van der Waals surface area contributed by atoms with Gasteiger partial charge in [-0.3, -0.25) is 15.0 Å². The Morgan fingerprint density at radius 2 is 1.77 bits per heavy atom. The number of para-hydroxylation sites is 3. The van der Waals surface area contributed by atoms with E-state index in [1.807, 2.05) is 0 Å². The SMILES string of the molecule is O=C(NN1C(=O)C(CNc2ccccc2O)SC1=S)c1ccccc1O. The second kappa shape index (κ2) is 7.63. The van der Waals surface area contributed by atoms with Gasteiger partial charge >= 0.3 is 0 Å². The minimum atomic E-state index is -0.631. The first-order valence-corrected chi connectivity index (χ1v) is 8.91. The van der Waals surface area contributed by atoms with Crippen LogP contribution in [0.3, 0.4) is 0 Å². The number of nitrogens with zero attached hydrogens (tertiary/aromatic N) is 1. The molecule has 3 rings (SSSR count). The largest absolute Gasteiger partial charge is 0.507 e. The summed E-state index contributed by atoms with van der Waals surface area (Å²) in [6.07, 6.45) is 0. The molecule has 0 saturated carbocycles. The molecule has 2 aromatic carbocycles. The van der Waals surface area contributed by atoms with Gasteiger partial charge in [-0.1, -0.05) is 48.2 Å². The first-order chi connectivity index (χ1) is 12.5. The van der Waals surface area contributed by atoms with Crippen LogP contribution >= 0.6 is 24.0 Å².